The van der Waals surface area contributed by atoms with E-state index in [0.29, 0.717) is 28.8 Å². The Kier molecular flexibility index (Phi) is 7.13. The number of benzene rings is 1. The largest absolute Gasteiger partial charge is 0.481 e. The van der Waals surface area contributed by atoms with Gasteiger partial charge in [0.05, 0.1) is 6.10 Å². The van der Waals surface area contributed by atoms with Crippen LogP contribution in [0.3, 0.4) is 0 Å². The molecule has 2 aliphatic carbocycles. The van der Waals surface area contributed by atoms with E-state index < -0.39 is 12.1 Å². The van der Waals surface area contributed by atoms with E-state index in [2.05, 4.69) is 11.4 Å². The molecule has 0 spiro atoms. The van der Waals surface area contributed by atoms with Gasteiger partial charge in [0.25, 0.3) is 0 Å². The van der Waals surface area contributed by atoms with E-state index in [0.717, 1.165) is 25.7 Å². The van der Waals surface area contributed by atoms with Crippen LogP contribution in [0.4, 0.5) is 0 Å². The number of amides is 1. The zero-order valence-corrected chi connectivity index (χ0v) is 16.6. The highest BCUT2D eigenvalue weighted by Crippen LogP contribution is 2.53. The second kappa shape index (κ2) is 9.57. The van der Waals surface area contributed by atoms with Crippen LogP contribution >= 0.6 is 11.6 Å². The first-order chi connectivity index (χ1) is 13.5. The van der Waals surface area contributed by atoms with Gasteiger partial charge in [-0.05, 0) is 67.6 Å². The van der Waals surface area contributed by atoms with Crippen LogP contribution < -0.4 is 5.32 Å². The molecule has 5 nitrogen and oxygen atoms in total. The van der Waals surface area contributed by atoms with Crippen LogP contribution in [0.2, 0.25) is 5.02 Å². The molecule has 28 heavy (non-hydrogen) atoms. The van der Waals surface area contributed by atoms with Crippen LogP contribution in [0.15, 0.2) is 36.4 Å². The van der Waals surface area contributed by atoms with E-state index in [1.807, 2.05) is 6.08 Å². The van der Waals surface area contributed by atoms with E-state index in [4.69, 9.17) is 16.7 Å². The number of carbonyl (C=O) groups is 2. The number of rotatable bonds is 9. The normalized spacial score (nSPS) is 27.2. The number of carboxylic acid groups (broad SMARTS) is 1. The van der Waals surface area contributed by atoms with Crippen LogP contribution in [-0.4, -0.2) is 28.6 Å². The minimum atomic E-state index is -0.786. The number of halogens is 1. The maximum atomic E-state index is 12.9. The molecular formula is C22H28ClNO4. The van der Waals surface area contributed by atoms with Crippen molar-refractivity contribution in [3.05, 3.63) is 47.0 Å². The highest BCUT2D eigenvalue weighted by Gasteiger charge is 2.49. The van der Waals surface area contributed by atoms with Crippen molar-refractivity contribution in [1.82, 2.24) is 5.32 Å². The number of aliphatic hydroxyl groups excluding tert-OH is 1. The molecule has 1 aromatic carbocycles. The number of aliphatic carboxylic acids is 1. The number of aliphatic hydroxyl groups is 1. The monoisotopic (exact) mass is 405 g/mol. The number of unbranched alkanes of at least 4 members (excludes halogenated alkanes) is 1. The van der Waals surface area contributed by atoms with Gasteiger partial charge in [-0.1, -0.05) is 35.9 Å². The Morgan fingerprint density at radius 3 is 2.82 bits per heavy atom. The van der Waals surface area contributed by atoms with Crippen molar-refractivity contribution < 1.29 is 19.8 Å². The van der Waals surface area contributed by atoms with Gasteiger partial charge >= 0.3 is 5.97 Å². The second-order valence-corrected chi connectivity index (χ2v) is 8.40. The summed E-state index contributed by atoms with van der Waals surface area (Å²) in [6.45, 7) is 0.169. The third-order valence-corrected chi connectivity index (χ3v) is 6.34. The first kappa shape index (κ1) is 20.9. The molecule has 2 saturated carbocycles. The molecule has 2 aliphatic rings. The number of carbonyl (C=O) groups excluding carboxylic acids is 1. The molecule has 0 aromatic heterocycles. The molecule has 0 heterocycles. The Bertz CT molecular complexity index is 735. The van der Waals surface area contributed by atoms with Crippen molar-refractivity contribution in [2.45, 2.75) is 44.6 Å². The lowest BCUT2D eigenvalue weighted by molar-refractivity contribution is -0.137. The van der Waals surface area contributed by atoms with Gasteiger partial charge in [-0.2, -0.15) is 0 Å². The summed E-state index contributed by atoms with van der Waals surface area (Å²) in [5.41, 5.74) is 0.690. The van der Waals surface area contributed by atoms with E-state index in [-0.39, 0.29) is 30.7 Å². The average Bonchev–Trinajstić information content (AvgIpc) is 3.27. The molecule has 152 valence electrons. The summed E-state index contributed by atoms with van der Waals surface area (Å²) in [7, 11) is 0. The summed E-state index contributed by atoms with van der Waals surface area (Å²) >= 11 is 5.97. The fraction of sp³-hybridized carbons (Fsp3) is 0.545. The molecule has 3 N–H and O–H groups in total. The first-order valence-corrected chi connectivity index (χ1v) is 10.4. The van der Waals surface area contributed by atoms with Crippen molar-refractivity contribution in [3.63, 3.8) is 0 Å². The molecule has 1 amide bonds. The minimum Gasteiger partial charge on any atom is -0.481 e. The van der Waals surface area contributed by atoms with E-state index in [9.17, 15) is 14.7 Å². The van der Waals surface area contributed by atoms with Crippen molar-refractivity contribution in [2.24, 2.45) is 23.7 Å². The van der Waals surface area contributed by atoms with Gasteiger partial charge in [-0.25, -0.2) is 0 Å². The van der Waals surface area contributed by atoms with Crippen LogP contribution in [0.25, 0.3) is 0 Å². The zero-order chi connectivity index (χ0) is 20.1. The molecule has 0 aliphatic heterocycles. The maximum Gasteiger partial charge on any atom is 0.303 e. The SMILES string of the molecule is O=C(O)CCCC=CC1C2CCC(C2)C1C(=O)NCC(O)c1cccc(Cl)c1. The van der Waals surface area contributed by atoms with Crippen LogP contribution in [-0.2, 0) is 9.59 Å². The number of hydrogen-bond donors (Lipinski definition) is 3. The third-order valence-electron chi connectivity index (χ3n) is 6.11. The van der Waals surface area contributed by atoms with Gasteiger partial charge in [0.2, 0.25) is 5.91 Å². The first-order valence-electron chi connectivity index (χ1n) is 10.1. The Hall–Kier alpha value is -1.85. The summed E-state index contributed by atoms with van der Waals surface area (Å²) < 4.78 is 0. The number of nitrogens with one attached hydrogen (secondary N) is 1. The summed E-state index contributed by atoms with van der Waals surface area (Å²) in [6.07, 6.45) is 8.22. The van der Waals surface area contributed by atoms with Gasteiger partial charge in [-0.3, -0.25) is 9.59 Å². The summed E-state index contributed by atoms with van der Waals surface area (Å²) in [5, 5.41) is 22.6. The Morgan fingerprint density at radius 1 is 1.29 bits per heavy atom. The summed E-state index contributed by atoms with van der Waals surface area (Å²) in [4.78, 5) is 23.5. The third kappa shape index (κ3) is 5.15. The maximum absolute atomic E-state index is 12.9. The van der Waals surface area contributed by atoms with Crippen molar-refractivity contribution in [3.8, 4) is 0 Å². The fourth-order valence-corrected chi connectivity index (χ4v) is 4.97. The molecule has 0 radical (unpaired) electrons. The predicted octanol–water partition coefficient (Wildman–Crippen LogP) is 3.96. The lowest BCUT2D eigenvalue weighted by Crippen LogP contribution is -2.39. The Morgan fingerprint density at radius 2 is 2.07 bits per heavy atom. The van der Waals surface area contributed by atoms with E-state index in [1.165, 1.54) is 0 Å². The number of carboxylic acids is 1. The molecular weight excluding hydrogens is 378 g/mol. The molecule has 0 saturated heterocycles. The predicted molar refractivity (Wildman–Crippen MR) is 108 cm³/mol. The van der Waals surface area contributed by atoms with Gasteiger partial charge in [0.1, 0.15) is 0 Å². The number of fused-ring (bicyclic) bond motifs is 2. The lowest BCUT2D eigenvalue weighted by atomic mass is 9.78. The molecule has 3 rings (SSSR count). The highest BCUT2D eigenvalue weighted by atomic mass is 35.5. The summed E-state index contributed by atoms with van der Waals surface area (Å²) in [6, 6.07) is 7.03. The average molecular weight is 406 g/mol. The standard InChI is InChI=1S/C22H28ClNO4/c23-17-6-4-5-15(12-17)19(25)13-24-22(28)21-16-10-9-14(11-16)18(21)7-2-1-3-8-20(26)27/h2,4-7,12,14,16,18-19,21,25H,1,3,8-11,13H2,(H,24,28)(H,26,27). The van der Waals surface area contributed by atoms with Crippen LogP contribution in [0.1, 0.15) is 50.2 Å². The fourth-order valence-electron chi connectivity index (χ4n) is 4.77. The second-order valence-electron chi connectivity index (χ2n) is 7.97. The van der Waals surface area contributed by atoms with E-state index >= 15 is 0 Å². The molecule has 6 heteroatoms. The Labute approximate surface area is 170 Å². The topological polar surface area (TPSA) is 86.6 Å². The van der Waals surface area contributed by atoms with Gasteiger partial charge in [-0.15, -0.1) is 0 Å². The molecule has 5 atom stereocenters. The van der Waals surface area contributed by atoms with Gasteiger partial charge in [0.15, 0.2) is 0 Å². The molecule has 1 aromatic rings. The smallest absolute Gasteiger partial charge is 0.303 e. The van der Waals surface area contributed by atoms with Gasteiger partial charge < -0.3 is 15.5 Å². The van der Waals surface area contributed by atoms with Gasteiger partial charge in [0, 0.05) is 23.9 Å². The molecule has 2 fully saturated rings. The van der Waals surface area contributed by atoms with Crippen LogP contribution in [0, 0.1) is 23.7 Å². The molecule has 2 bridgehead atoms. The van der Waals surface area contributed by atoms with Crippen molar-refractivity contribution in [2.75, 3.05) is 6.54 Å². The zero-order valence-electron chi connectivity index (χ0n) is 15.9. The Balaban J connectivity index is 1.55. The van der Waals surface area contributed by atoms with Crippen molar-refractivity contribution in [1.29, 1.82) is 0 Å². The quantitative estimate of drug-likeness (QED) is 0.428. The van der Waals surface area contributed by atoms with Crippen LogP contribution in [0.5, 0.6) is 0 Å². The minimum absolute atomic E-state index is 0.00784. The lowest BCUT2D eigenvalue weighted by Gasteiger charge is -2.28. The van der Waals surface area contributed by atoms with E-state index in [1.54, 1.807) is 24.3 Å². The highest BCUT2D eigenvalue weighted by molar-refractivity contribution is 6.30. The summed E-state index contributed by atoms with van der Waals surface area (Å²) in [5.74, 6) is 0.335. The number of allylic oxidation sites excluding steroid dienone is 2. The van der Waals surface area contributed by atoms with Crippen molar-refractivity contribution >= 4 is 23.5 Å². The number of hydrogen-bond acceptors (Lipinski definition) is 3. The molecule has 5 unspecified atom stereocenters.